The summed E-state index contributed by atoms with van der Waals surface area (Å²) in [7, 11) is 0. The summed E-state index contributed by atoms with van der Waals surface area (Å²) in [5.74, 6) is 1.71. The third kappa shape index (κ3) is 3.46. The van der Waals surface area contributed by atoms with E-state index in [4.69, 9.17) is 5.73 Å². The maximum absolute atomic E-state index is 5.91. The highest BCUT2D eigenvalue weighted by Gasteiger charge is 2.31. The van der Waals surface area contributed by atoms with E-state index in [-0.39, 0.29) is 0 Å². The Balaban J connectivity index is 2.46. The minimum Gasteiger partial charge on any atom is -0.330 e. The van der Waals surface area contributed by atoms with Crippen LogP contribution in [0.25, 0.3) is 0 Å². The molecular weight excluding hydrogens is 184 g/mol. The van der Waals surface area contributed by atoms with Gasteiger partial charge in [-0.3, -0.25) is 0 Å². The molecule has 2 heteroatoms. The normalized spacial score (nSPS) is 31.8. The first-order valence-electron chi connectivity index (χ1n) is 6.43. The van der Waals surface area contributed by atoms with Crippen LogP contribution in [-0.4, -0.2) is 31.1 Å². The van der Waals surface area contributed by atoms with Crippen LogP contribution in [-0.2, 0) is 0 Å². The number of hydrogen-bond acceptors (Lipinski definition) is 2. The Bertz CT molecular complexity index is 183. The molecule has 2 nitrogen and oxygen atoms in total. The summed E-state index contributed by atoms with van der Waals surface area (Å²) in [4.78, 5) is 2.61. The van der Waals surface area contributed by atoms with Crippen molar-refractivity contribution in [2.45, 2.75) is 40.5 Å². The molecule has 0 aromatic heterocycles. The van der Waals surface area contributed by atoms with Crippen LogP contribution < -0.4 is 5.73 Å². The fourth-order valence-electron chi connectivity index (χ4n) is 2.77. The zero-order valence-electron chi connectivity index (χ0n) is 10.9. The largest absolute Gasteiger partial charge is 0.330 e. The molecule has 0 bridgehead atoms. The molecule has 0 radical (unpaired) electrons. The van der Waals surface area contributed by atoms with Crippen LogP contribution in [0.3, 0.4) is 0 Å². The van der Waals surface area contributed by atoms with Gasteiger partial charge in [0.2, 0.25) is 0 Å². The molecule has 0 amide bonds. The van der Waals surface area contributed by atoms with E-state index in [0.717, 1.165) is 18.4 Å². The van der Waals surface area contributed by atoms with Crippen LogP contribution in [0.5, 0.6) is 0 Å². The molecular formula is C13H28N2. The molecule has 90 valence electrons. The Morgan fingerprint density at radius 1 is 1.27 bits per heavy atom. The van der Waals surface area contributed by atoms with E-state index >= 15 is 0 Å². The maximum atomic E-state index is 5.91. The highest BCUT2D eigenvalue weighted by atomic mass is 15.2. The fourth-order valence-corrected chi connectivity index (χ4v) is 2.77. The summed E-state index contributed by atoms with van der Waals surface area (Å²) in [6.07, 6.45) is 2.50. The van der Waals surface area contributed by atoms with E-state index in [1.165, 1.54) is 32.5 Å². The lowest BCUT2D eigenvalue weighted by molar-refractivity contribution is 0.179. The lowest BCUT2D eigenvalue weighted by atomic mass is 9.85. The second kappa shape index (κ2) is 5.31. The highest BCUT2D eigenvalue weighted by Crippen LogP contribution is 2.28. The van der Waals surface area contributed by atoms with Crippen LogP contribution >= 0.6 is 0 Å². The molecule has 15 heavy (non-hydrogen) atoms. The maximum Gasteiger partial charge on any atom is 0.00476 e. The number of hydrogen-bond donors (Lipinski definition) is 1. The Morgan fingerprint density at radius 3 is 2.20 bits per heavy atom. The van der Waals surface area contributed by atoms with Gasteiger partial charge in [-0.15, -0.1) is 0 Å². The van der Waals surface area contributed by atoms with E-state index in [2.05, 4.69) is 32.6 Å². The Kier molecular flexibility index (Phi) is 4.60. The molecule has 1 heterocycles. The fraction of sp³-hybridized carbons (Fsp3) is 1.00. The zero-order chi connectivity index (χ0) is 11.5. The number of nitrogens with zero attached hydrogens (tertiary/aromatic N) is 1. The summed E-state index contributed by atoms with van der Waals surface area (Å²) in [5.41, 5.74) is 6.25. The quantitative estimate of drug-likeness (QED) is 0.758. The highest BCUT2D eigenvalue weighted by molar-refractivity contribution is 4.85. The van der Waals surface area contributed by atoms with Crippen LogP contribution in [0, 0.1) is 17.3 Å². The van der Waals surface area contributed by atoms with Crippen molar-refractivity contribution in [3.63, 3.8) is 0 Å². The van der Waals surface area contributed by atoms with Crippen molar-refractivity contribution in [1.82, 2.24) is 4.90 Å². The van der Waals surface area contributed by atoms with Crippen molar-refractivity contribution in [2.24, 2.45) is 23.0 Å². The molecule has 0 aromatic rings. The number of nitrogens with two attached hydrogens (primary N) is 1. The van der Waals surface area contributed by atoms with Gasteiger partial charge in [-0.2, -0.15) is 0 Å². The Hall–Kier alpha value is -0.0800. The molecule has 0 spiro atoms. The van der Waals surface area contributed by atoms with Crippen LogP contribution in [0.2, 0.25) is 0 Å². The summed E-state index contributed by atoms with van der Waals surface area (Å²) in [5, 5.41) is 0. The van der Waals surface area contributed by atoms with Gasteiger partial charge in [-0.05, 0) is 30.2 Å². The van der Waals surface area contributed by atoms with Gasteiger partial charge >= 0.3 is 0 Å². The second-order valence-corrected chi connectivity index (χ2v) is 5.91. The van der Waals surface area contributed by atoms with E-state index in [1.54, 1.807) is 0 Å². The monoisotopic (exact) mass is 212 g/mol. The minimum absolute atomic E-state index is 0.332. The summed E-state index contributed by atoms with van der Waals surface area (Å²) < 4.78 is 0. The van der Waals surface area contributed by atoms with Crippen LogP contribution in [0.15, 0.2) is 0 Å². The minimum atomic E-state index is 0.332. The first-order valence-corrected chi connectivity index (χ1v) is 6.43. The van der Waals surface area contributed by atoms with Crippen molar-refractivity contribution < 1.29 is 0 Å². The average molecular weight is 212 g/mol. The molecule has 0 aliphatic carbocycles. The first kappa shape index (κ1) is 13.0. The molecule has 3 unspecified atom stereocenters. The first-order chi connectivity index (χ1) is 7.00. The van der Waals surface area contributed by atoms with Crippen molar-refractivity contribution in [3.05, 3.63) is 0 Å². The molecule has 0 aromatic carbocycles. The molecule has 2 N–H and O–H groups in total. The van der Waals surface area contributed by atoms with Gasteiger partial charge < -0.3 is 10.6 Å². The molecule has 3 atom stereocenters. The Morgan fingerprint density at radius 2 is 1.80 bits per heavy atom. The van der Waals surface area contributed by atoms with E-state index < -0.39 is 0 Å². The van der Waals surface area contributed by atoms with Crippen LogP contribution in [0.1, 0.15) is 40.5 Å². The third-order valence-corrected chi connectivity index (χ3v) is 4.02. The van der Waals surface area contributed by atoms with Gasteiger partial charge in [0.1, 0.15) is 0 Å². The predicted molar refractivity (Wildman–Crippen MR) is 66.8 cm³/mol. The summed E-state index contributed by atoms with van der Waals surface area (Å²) >= 11 is 0. The molecule has 1 aliphatic heterocycles. The van der Waals surface area contributed by atoms with Gasteiger partial charge in [0, 0.05) is 19.6 Å². The standard InChI is InChI=1S/C13H28N2/c1-5-6-13(4,9-14)10-15-7-11(2)12(3)8-15/h11-12H,5-10,14H2,1-4H3. The third-order valence-electron chi connectivity index (χ3n) is 4.02. The SMILES string of the molecule is CCCC(C)(CN)CN1CC(C)C(C)C1. The lowest BCUT2D eigenvalue weighted by Crippen LogP contribution is -2.39. The number of rotatable bonds is 5. The molecule has 0 saturated carbocycles. The topological polar surface area (TPSA) is 29.3 Å². The average Bonchev–Trinajstić information content (AvgIpc) is 2.46. The lowest BCUT2D eigenvalue weighted by Gasteiger charge is -2.32. The van der Waals surface area contributed by atoms with Gasteiger partial charge in [-0.1, -0.05) is 34.1 Å². The smallest absolute Gasteiger partial charge is 0.00476 e. The Labute approximate surface area is 95.2 Å². The summed E-state index contributed by atoms with van der Waals surface area (Å²) in [6, 6.07) is 0. The predicted octanol–water partition coefficient (Wildman–Crippen LogP) is 2.34. The van der Waals surface area contributed by atoms with Crippen molar-refractivity contribution in [3.8, 4) is 0 Å². The molecule has 1 saturated heterocycles. The van der Waals surface area contributed by atoms with Crippen molar-refractivity contribution in [2.75, 3.05) is 26.2 Å². The molecule has 1 fully saturated rings. The zero-order valence-corrected chi connectivity index (χ0v) is 10.9. The molecule has 1 rings (SSSR count). The van der Waals surface area contributed by atoms with E-state index in [0.29, 0.717) is 5.41 Å². The van der Waals surface area contributed by atoms with E-state index in [1.807, 2.05) is 0 Å². The van der Waals surface area contributed by atoms with E-state index in [9.17, 15) is 0 Å². The van der Waals surface area contributed by atoms with Crippen molar-refractivity contribution in [1.29, 1.82) is 0 Å². The van der Waals surface area contributed by atoms with Crippen LogP contribution in [0.4, 0.5) is 0 Å². The summed E-state index contributed by atoms with van der Waals surface area (Å²) in [6.45, 7) is 13.9. The van der Waals surface area contributed by atoms with Gasteiger partial charge in [0.25, 0.3) is 0 Å². The number of likely N-dealkylation sites (tertiary alicyclic amines) is 1. The van der Waals surface area contributed by atoms with Crippen molar-refractivity contribution >= 4 is 0 Å². The van der Waals surface area contributed by atoms with Gasteiger partial charge in [-0.25, -0.2) is 0 Å². The van der Waals surface area contributed by atoms with Gasteiger partial charge in [0.15, 0.2) is 0 Å². The second-order valence-electron chi connectivity index (χ2n) is 5.91. The molecule has 1 aliphatic rings. The van der Waals surface area contributed by atoms with Gasteiger partial charge in [0.05, 0.1) is 0 Å².